The number of hydrogen-bond acceptors (Lipinski definition) is 7. The lowest BCUT2D eigenvalue weighted by atomic mass is 10.1. The number of H-pyrrole nitrogens is 1. The monoisotopic (exact) mass is 405 g/mol. The Hall–Kier alpha value is -3.15. The molecule has 0 aliphatic carbocycles. The van der Waals surface area contributed by atoms with E-state index in [1.54, 1.807) is 5.10 Å². The molecular weight excluding hydrogens is 390 g/mol. The van der Waals surface area contributed by atoms with Crippen molar-refractivity contribution in [2.24, 2.45) is 0 Å². The van der Waals surface area contributed by atoms with E-state index in [0.717, 1.165) is 12.1 Å². The van der Waals surface area contributed by atoms with E-state index >= 15 is 0 Å². The van der Waals surface area contributed by atoms with Crippen molar-refractivity contribution in [3.05, 3.63) is 40.8 Å². The van der Waals surface area contributed by atoms with Crippen LogP contribution in [0.3, 0.4) is 0 Å². The summed E-state index contributed by atoms with van der Waals surface area (Å²) in [6.07, 6.45) is -4.94. The highest BCUT2D eigenvalue weighted by molar-refractivity contribution is 6.01. The molecule has 0 saturated carbocycles. The topological polar surface area (TPSA) is 117 Å². The number of nitrogen functional groups attached to an aromatic ring is 1. The number of aromatic amines is 1. The SMILES string of the molecule is COCCOc1ccc(C(=O)COC(=O)c2c(N)n[nH]c2C(F)(F)F)c(F)c1. The van der Waals surface area contributed by atoms with Crippen LogP contribution in [0.5, 0.6) is 5.75 Å². The predicted molar refractivity (Wildman–Crippen MR) is 86.4 cm³/mol. The standard InChI is InChI=1S/C16H15F4N3O5/c1-26-4-5-27-8-2-3-9(10(17)6-8)11(24)7-28-15(25)12-13(16(18,19)20)22-23-14(12)21/h2-3,6H,4-5,7H2,1H3,(H3,21,22,23). The summed E-state index contributed by atoms with van der Waals surface area (Å²) in [7, 11) is 1.46. The maximum atomic E-state index is 14.0. The second kappa shape index (κ2) is 8.69. The number of benzene rings is 1. The van der Waals surface area contributed by atoms with Gasteiger partial charge in [0.15, 0.2) is 18.1 Å². The van der Waals surface area contributed by atoms with Gasteiger partial charge in [0.25, 0.3) is 0 Å². The lowest BCUT2D eigenvalue weighted by Crippen LogP contribution is -2.19. The molecule has 1 aromatic carbocycles. The van der Waals surface area contributed by atoms with Gasteiger partial charge >= 0.3 is 12.1 Å². The van der Waals surface area contributed by atoms with E-state index in [2.05, 4.69) is 9.84 Å². The van der Waals surface area contributed by atoms with E-state index in [1.165, 1.54) is 13.2 Å². The minimum atomic E-state index is -4.94. The number of methoxy groups -OCH3 is 1. The molecular formula is C16H15F4N3O5. The molecule has 0 spiro atoms. The van der Waals surface area contributed by atoms with Crippen LogP contribution < -0.4 is 10.5 Å². The molecule has 1 aromatic heterocycles. The second-order valence-corrected chi connectivity index (χ2v) is 5.34. The molecule has 0 saturated heterocycles. The summed E-state index contributed by atoms with van der Waals surface area (Å²) < 4.78 is 67.0. The van der Waals surface area contributed by atoms with Crippen LogP contribution in [0.4, 0.5) is 23.4 Å². The van der Waals surface area contributed by atoms with Crippen molar-refractivity contribution in [3.63, 3.8) is 0 Å². The van der Waals surface area contributed by atoms with Crippen LogP contribution in [0.25, 0.3) is 0 Å². The Bertz CT molecular complexity index is 866. The first-order valence-electron chi connectivity index (χ1n) is 7.67. The Morgan fingerprint density at radius 2 is 1.96 bits per heavy atom. The number of nitrogens with zero attached hydrogens (tertiary/aromatic N) is 1. The number of Topliss-reactive ketones (excluding diaryl/α,β-unsaturated/α-hetero) is 1. The Kier molecular flexibility index (Phi) is 6.57. The molecule has 1 heterocycles. The Balaban J connectivity index is 2.05. The maximum Gasteiger partial charge on any atom is 0.433 e. The summed E-state index contributed by atoms with van der Waals surface area (Å²) in [6, 6.07) is 3.35. The van der Waals surface area contributed by atoms with Gasteiger partial charge in [0.1, 0.15) is 23.7 Å². The predicted octanol–water partition coefficient (Wildman–Crippen LogP) is 2.21. The molecule has 8 nitrogen and oxygen atoms in total. The van der Waals surface area contributed by atoms with Gasteiger partial charge in [0, 0.05) is 13.2 Å². The van der Waals surface area contributed by atoms with E-state index < -0.39 is 53.0 Å². The van der Waals surface area contributed by atoms with Crippen LogP contribution in [0, 0.1) is 5.82 Å². The van der Waals surface area contributed by atoms with Crippen molar-refractivity contribution < 1.29 is 41.4 Å². The lowest BCUT2D eigenvalue weighted by Gasteiger charge is -2.09. The fourth-order valence-electron chi connectivity index (χ4n) is 2.10. The molecule has 28 heavy (non-hydrogen) atoms. The van der Waals surface area contributed by atoms with E-state index in [9.17, 15) is 27.2 Å². The normalized spacial score (nSPS) is 11.3. The summed E-state index contributed by atoms with van der Waals surface area (Å²) in [5.74, 6) is -4.04. The molecule has 0 bridgehead atoms. The molecule has 0 unspecified atom stereocenters. The molecule has 0 fully saturated rings. The quantitative estimate of drug-likeness (QED) is 0.299. The second-order valence-electron chi connectivity index (χ2n) is 5.34. The highest BCUT2D eigenvalue weighted by Crippen LogP contribution is 2.32. The molecule has 2 aromatic rings. The fraction of sp³-hybridized carbons (Fsp3) is 0.312. The minimum absolute atomic E-state index is 0.143. The number of ketones is 1. The Morgan fingerprint density at radius 3 is 2.57 bits per heavy atom. The summed E-state index contributed by atoms with van der Waals surface area (Å²) in [6.45, 7) is -0.564. The smallest absolute Gasteiger partial charge is 0.433 e. The zero-order valence-electron chi connectivity index (χ0n) is 14.4. The van der Waals surface area contributed by atoms with Crippen LogP contribution in [0.15, 0.2) is 18.2 Å². The van der Waals surface area contributed by atoms with Gasteiger partial charge in [0.05, 0.1) is 12.2 Å². The molecule has 3 N–H and O–H groups in total. The Labute approximate surface area is 155 Å². The number of nitrogens with one attached hydrogen (secondary N) is 1. The zero-order valence-corrected chi connectivity index (χ0v) is 14.4. The first kappa shape index (κ1) is 21.2. The highest BCUT2D eigenvalue weighted by atomic mass is 19.4. The molecule has 0 radical (unpaired) electrons. The van der Waals surface area contributed by atoms with E-state index in [0.29, 0.717) is 0 Å². The van der Waals surface area contributed by atoms with Crippen LogP contribution in [0.1, 0.15) is 26.4 Å². The molecule has 2 rings (SSSR count). The summed E-state index contributed by atoms with van der Waals surface area (Å²) in [5.41, 5.74) is 2.25. The third-order valence-corrected chi connectivity index (χ3v) is 3.41. The van der Waals surface area contributed by atoms with Gasteiger partial charge < -0.3 is 19.9 Å². The highest BCUT2D eigenvalue weighted by Gasteiger charge is 2.40. The number of hydrogen-bond donors (Lipinski definition) is 2. The number of nitrogens with two attached hydrogens (primary N) is 1. The first-order valence-corrected chi connectivity index (χ1v) is 7.67. The van der Waals surface area contributed by atoms with Gasteiger partial charge in [-0.3, -0.25) is 9.89 Å². The van der Waals surface area contributed by atoms with Gasteiger partial charge in [-0.1, -0.05) is 0 Å². The van der Waals surface area contributed by atoms with Gasteiger partial charge in [0.2, 0.25) is 5.78 Å². The Morgan fingerprint density at radius 1 is 1.25 bits per heavy atom. The zero-order chi connectivity index (χ0) is 20.9. The first-order chi connectivity index (χ1) is 13.1. The van der Waals surface area contributed by atoms with Gasteiger partial charge in [-0.25, -0.2) is 9.18 Å². The van der Waals surface area contributed by atoms with Crippen molar-refractivity contribution in [3.8, 4) is 5.75 Å². The molecule has 12 heteroatoms. The van der Waals surface area contributed by atoms with Crippen molar-refractivity contribution in [1.29, 1.82) is 0 Å². The van der Waals surface area contributed by atoms with Crippen LogP contribution in [-0.4, -0.2) is 48.9 Å². The lowest BCUT2D eigenvalue weighted by molar-refractivity contribution is -0.141. The minimum Gasteiger partial charge on any atom is -0.491 e. The number of esters is 1. The maximum absolute atomic E-state index is 14.0. The third-order valence-electron chi connectivity index (χ3n) is 3.41. The largest absolute Gasteiger partial charge is 0.491 e. The number of aromatic nitrogens is 2. The number of alkyl halides is 3. The van der Waals surface area contributed by atoms with Crippen molar-refractivity contribution in [2.45, 2.75) is 6.18 Å². The van der Waals surface area contributed by atoms with E-state index in [4.69, 9.17) is 15.2 Å². The van der Waals surface area contributed by atoms with Crippen LogP contribution >= 0.6 is 0 Å². The molecule has 0 aliphatic rings. The molecule has 0 atom stereocenters. The summed E-state index contributed by atoms with van der Waals surface area (Å²) >= 11 is 0. The van der Waals surface area contributed by atoms with Crippen LogP contribution in [0.2, 0.25) is 0 Å². The third kappa shape index (κ3) is 4.97. The molecule has 0 aliphatic heterocycles. The van der Waals surface area contributed by atoms with Gasteiger partial charge in [-0.05, 0) is 12.1 Å². The molecule has 0 amide bonds. The summed E-state index contributed by atoms with van der Waals surface area (Å²) in [5, 5.41) is 4.69. The number of halogens is 4. The van der Waals surface area contributed by atoms with Crippen molar-refractivity contribution >= 4 is 17.6 Å². The molecule has 152 valence electrons. The summed E-state index contributed by atoms with van der Waals surface area (Å²) in [4.78, 5) is 23.9. The van der Waals surface area contributed by atoms with E-state index in [-0.39, 0.29) is 19.0 Å². The number of carbonyl (C=O) groups is 2. The van der Waals surface area contributed by atoms with Crippen LogP contribution in [-0.2, 0) is 15.7 Å². The number of rotatable bonds is 8. The van der Waals surface area contributed by atoms with Gasteiger partial charge in [-0.2, -0.15) is 18.3 Å². The number of carbonyl (C=O) groups excluding carboxylic acids is 2. The number of ether oxygens (including phenoxy) is 3. The van der Waals surface area contributed by atoms with Crippen molar-refractivity contribution in [2.75, 3.05) is 32.7 Å². The number of anilines is 1. The average molecular weight is 405 g/mol. The van der Waals surface area contributed by atoms with E-state index in [1.807, 2.05) is 0 Å². The average Bonchev–Trinajstić information content (AvgIpc) is 3.02. The van der Waals surface area contributed by atoms with Crippen molar-refractivity contribution in [1.82, 2.24) is 10.2 Å². The fourth-order valence-corrected chi connectivity index (χ4v) is 2.10. The van der Waals surface area contributed by atoms with Gasteiger partial charge in [-0.15, -0.1) is 0 Å².